The third-order valence-electron chi connectivity index (χ3n) is 30.2. The molecule has 0 fully saturated rings. The first kappa shape index (κ1) is 83.3. The van der Waals surface area contributed by atoms with Crippen LogP contribution in [0.4, 0.5) is 0 Å². The Morgan fingerprint density at radius 3 is 0.878 bits per heavy atom. The SMILES string of the molecule is [2H]c1ccc2c(c1)c1c(-c3cccc4c3c3cc(C)ccc3n4-c3ccccc3)cccc1n2-c1cc(-c2ccccc2)cc(-c2ccccc2)c1.c1ccc(-n2c3ccccc3c3c(-c4cccc5c4c4ccccc4n5-c4cccc5c4oc4ccccc45)cccc32)cc1.c1ccc(-n2c3ccccc3c3cc(-n4c5ccccc5c5c(-c6cccc7c6c6ccccc6n7-c6ccccc6)cccc54)ccc32)cc1. The maximum absolute atomic E-state index is 8.78. The molecule has 8 aromatic heterocycles. The number of furan rings is 1. The number of nitrogens with zero attached hydrogens (tertiary/aromatic N) is 7. The van der Waals surface area contributed by atoms with Crippen molar-refractivity contribution in [3.8, 4) is 95.4 Å². The Morgan fingerprint density at radius 2 is 0.449 bits per heavy atom. The van der Waals surface area contributed by atoms with Gasteiger partial charge in [0.15, 0.2) is 5.58 Å². The van der Waals surface area contributed by atoms with Crippen molar-refractivity contribution >= 4 is 175 Å². The van der Waals surface area contributed by atoms with E-state index in [1.807, 2.05) is 18.2 Å². The van der Waals surface area contributed by atoms with Gasteiger partial charge in [-0.15, -0.1) is 0 Å². The smallest absolute Gasteiger partial charge is 0.159 e. The first-order valence-corrected chi connectivity index (χ1v) is 50.4. The van der Waals surface area contributed by atoms with Crippen LogP contribution in [-0.4, -0.2) is 32.0 Å². The largest absolute Gasteiger partial charge is 0.454 e. The van der Waals surface area contributed by atoms with Crippen LogP contribution >= 0.6 is 0 Å². The molecular formula is C139H91N7O. The van der Waals surface area contributed by atoms with E-state index in [0.29, 0.717) is 6.04 Å². The Morgan fingerprint density at radius 1 is 0.163 bits per heavy atom. The van der Waals surface area contributed by atoms with Crippen LogP contribution in [-0.2, 0) is 0 Å². The third-order valence-corrected chi connectivity index (χ3v) is 30.2. The Kier molecular flexibility index (Phi) is 19.5. The molecule has 0 spiro atoms. The van der Waals surface area contributed by atoms with E-state index in [4.69, 9.17) is 5.79 Å². The third kappa shape index (κ3) is 13.5. The molecule has 0 aliphatic carbocycles. The van der Waals surface area contributed by atoms with Gasteiger partial charge in [0.1, 0.15) is 5.58 Å². The zero-order chi connectivity index (χ0) is 97.7. The fourth-order valence-electron chi connectivity index (χ4n) is 24.1. The highest BCUT2D eigenvalue weighted by Gasteiger charge is 2.29. The van der Waals surface area contributed by atoms with E-state index in [9.17, 15) is 0 Å². The predicted octanol–water partition coefficient (Wildman–Crippen LogP) is 37.3. The Hall–Kier alpha value is -19.5. The maximum atomic E-state index is 8.78. The van der Waals surface area contributed by atoms with Gasteiger partial charge in [0.25, 0.3) is 0 Å². The lowest BCUT2D eigenvalue weighted by Crippen LogP contribution is -1.96. The predicted molar refractivity (Wildman–Crippen MR) is 619 cm³/mol. The molecule has 0 amide bonds. The molecule has 31 aromatic rings. The van der Waals surface area contributed by atoms with E-state index < -0.39 is 0 Å². The summed E-state index contributed by atoms with van der Waals surface area (Å²) < 4.78 is 32.1. The number of para-hydroxylation sites is 12. The van der Waals surface area contributed by atoms with Gasteiger partial charge in [-0.25, -0.2) is 0 Å². The molecular weight excluding hydrogens is 1780 g/mol. The zero-order valence-electron chi connectivity index (χ0n) is 81.3. The average molecular weight is 1880 g/mol. The molecule has 0 saturated heterocycles. The summed E-state index contributed by atoms with van der Waals surface area (Å²) in [5, 5.41) is 19.5. The lowest BCUT2D eigenvalue weighted by molar-refractivity contribution is 0.666. The summed E-state index contributed by atoms with van der Waals surface area (Å²) in [5.74, 6) is 0. The highest BCUT2D eigenvalue weighted by Crippen LogP contribution is 2.51. The van der Waals surface area contributed by atoms with Crippen molar-refractivity contribution in [1.82, 2.24) is 32.0 Å². The van der Waals surface area contributed by atoms with E-state index >= 15 is 0 Å². The molecule has 688 valence electrons. The molecule has 23 aromatic carbocycles. The fourth-order valence-corrected chi connectivity index (χ4v) is 24.1. The van der Waals surface area contributed by atoms with Crippen molar-refractivity contribution in [2.24, 2.45) is 0 Å². The van der Waals surface area contributed by atoms with Crippen LogP contribution in [0.15, 0.2) is 538 Å². The quantitative estimate of drug-likeness (QED) is 0.120. The van der Waals surface area contributed by atoms with Crippen LogP contribution in [0.25, 0.3) is 270 Å². The van der Waals surface area contributed by atoms with Gasteiger partial charge in [0.2, 0.25) is 0 Å². The molecule has 0 aliphatic heterocycles. The molecule has 8 nitrogen and oxygen atoms in total. The number of aryl methyl sites for hydroxylation is 1. The molecule has 0 atom stereocenters. The van der Waals surface area contributed by atoms with Crippen LogP contribution in [0.5, 0.6) is 0 Å². The van der Waals surface area contributed by atoms with Crippen LogP contribution in [0.1, 0.15) is 6.93 Å². The summed E-state index contributed by atoms with van der Waals surface area (Å²) in [6.07, 6.45) is 0. The number of hydrogen-bond donors (Lipinski definition) is 0. The van der Waals surface area contributed by atoms with Gasteiger partial charge in [0, 0.05) is 120 Å². The van der Waals surface area contributed by atoms with Crippen molar-refractivity contribution in [2.75, 3.05) is 0 Å². The lowest BCUT2D eigenvalue weighted by atomic mass is 9.95. The second-order valence-corrected chi connectivity index (χ2v) is 38.4. The summed E-state index contributed by atoms with van der Waals surface area (Å²) >= 11 is 0. The molecule has 31 rings (SSSR count). The molecule has 0 unspecified atom stereocenters. The average Bonchev–Trinajstić information content (AvgIpc) is 1.56. The van der Waals surface area contributed by atoms with E-state index in [2.05, 4.69) is 548 Å². The molecule has 0 bridgehead atoms. The number of hydrogen-bond acceptors (Lipinski definition) is 1. The number of benzene rings is 23. The maximum Gasteiger partial charge on any atom is 0.159 e. The summed E-state index contributed by atoms with van der Waals surface area (Å²) in [7, 11) is 0. The molecule has 8 heterocycles. The Labute approximate surface area is 848 Å². The number of fused-ring (bicyclic) bond motifs is 24. The van der Waals surface area contributed by atoms with Gasteiger partial charge < -0.3 is 36.4 Å². The molecule has 0 saturated carbocycles. The van der Waals surface area contributed by atoms with E-state index in [0.717, 1.165) is 99.9 Å². The van der Waals surface area contributed by atoms with Crippen molar-refractivity contribution in [2.45, 2.75) is 6.92 Å². The minimum Gasteiger partial charge on any atom is -0.454 e. The van der Waals surface area contributed by atoms with Gasteiger partial charge >= 0.3 is 0 Å². The summed E-state index contributed by atoms with van der Waals surface area (Å²) in [4.78, 5) is 0. The number of aromatic nitrogens is 7. The normalized spacial score (nSPS) is 11.9. The van der Waals surface area contributed by atoms with Crippen LogP contribution in [0.2, 0.25) is 0 Å². The standard InChI is InChI=1S/C49H34N2.C48H31N3.C42H26N2O/c1-33-27-28-45-43(29-33)49-41(23-14-26-47(49)50(45)38-19-9-4-10-20-38)40-22-13-25-46-48(40)42-21-11-12-24-44(42)51(46)39-31-36(34-15-5-2-6-16-34)30-37(32-39)35-17-7-3-8-18-35;1-3-15-32(16-4-1)49-41-24-10-7-19-35(41)40-31-34(29-30-44(40)49)51-43-26-12-9-21-39(43)48-37(23-14-28-46(48)51)36-22-13-27-45-47(36)38-20-8-11-25-42(38)50(45)33-17-5-2-6-18-33;1-2-13-27(14-3-1)43-34-21-7-4-16-32(34)40-29(18-10-23-36(40)43)30-19-11-24-37-41(30)33-17-5-8-22-35(33)44(37)38-25-12-20-31-28-15-6-9-26-39(28)45-42(31)38/h2-32H,1H3;1-31H;1-26H/i11D;;. The lowest BCUT2D eigenvalue weighted by Gasteiger charge is -2.14. The minimum atomic E-state index is 0.499. The molecule has 147 heavy (non-hydrogen) atoms. The van der Waals surface area contributed by atoms with Crippen molar-refractivity contribution in [3.05, 3.63) is 539 Å². The van der Waals surface area contributed by atoms with Gasteiger partial charge in [0.05, 0.1) is 84.3 Å². The van der Waals surface area contributed by atoms with Crippen molar-refractivity contribution in [1.29, 1.82) is 0 Å². The van der Waals surface area contributed by atoms with E-state index in [-0.39, 0.29) is 0 Å². The highest BCUT2D eigenvalue weighted by molar-refractivity contribution is 6.27. The van der Waals surface area contributed by atoms with Crippen LogP contribution in [0.3, 0.4) is 0 Å². The molecule has 0 radical (unpaired) electrons. The Bertz CT molecular complexity index is 10700. The highest BCUT2D eigenvalue weighted by atomic mass is 16.3. The summed E-state index contributed by atoms with van der Waals surface area (Å²) in [6, 6.07) is 190. The molecule has 0 aliphatic rings. The summed E-state index contributed by atoms with van der Waals surface area (Å²) in [5.41, 5.74) is 39.4. The fraction of sp³-hybridized carbons (Fsp3) is 0.00719. The second kappa shape index (κ2) is 34.4. The number of rotatable bonds is 12. The first-order valence-electron chi connectivity index (χ1n) is 50.9. The van der Waals surface area contributed by atoms with Crippen molar-refractivity contribution < 1.29 is 5.79 Å². The summed E-state index contributed by atoms with van der Waals surface area (Å²) in [6.45, 7) is 2.17. The Balaban J connectivity index is 0.000000105. The molecule has 8 heteroatoms. The molecule has 0 N–H and O–H groups in total. The monoisotopic (exact) mass is 1870 g/mol. The minimum absolute atomic E-state index is 0.499. The van der Waals surface area contributed by atoms with Gasteiger partial charge in [-0.05, 0) is 245 Å². The second-order valence-electron chi connectivity index (χ2n) is 38.4. The van der Waals surface area contributed by atoms with Crippen molar-refractivity contribution in [3.63, 3.8) is 0 Å². The van der Waals surface area contributed by atoms with E-state index in [1.54, 1.807) is 0 Å². The topological polar surface area (TPSA) is 47.6 Å². The van der Waals surface area contributed by atoms with E-state index in [1.165, 1.54) is 176 Å². The van der Waals surface area contributed by atoms with Crippen LogP contribution < -0.4 is 0 Å². The van der Waals surface area contributed by atoms with Crippen LogP contribution in [0, 0.1) is 6.92 Å². The van der Waals surface area contributed by atoms with Gasteiger partial charge in [-0.1, -0.05) is 357 Å². The first-order chi connectivity index (χ1) is 73.3. The van der Waals surface area contributed by atoms with Gasteiger partial charge in [-0.2, -0.15) is 0 Å². The zero-order valence-corrected chi connectivity index (χ0v) is 80.3. The van der Waals surface area contributed by atoms with Gasteiger partial charge in [-0.3, -0.25) is 0 Å².